The van der Waals surface area contributed by atoms with E-state index in [9.17, 15) is 18.5 Å². The van der Waals surface area contributed by atoms with Crippen LogP contribution in [0, 0.1) is 10.1 Å². The Bertz CT molecular complexity index is 859. The third-order valence-corrected chi connectivity index (χ3v) is 3.83. The van der Waals surface area contributed by atoms with Crippen molar-refractivity contribution < 1.29 is 13.3 Å². The van der Waals surface area contributed by atoms with Gasteiger partial charge in [0.15, 0.2) is 0 Å². The normalized spacial score (nSPS) is 11.1. The van der Waals surface area contributed by atoms with Crippen LogP contribution in [0.4, 0.5) is 23.1 Å². The summed E-state index contributed by atoms with van der Waals surface area (Å²) in [6.45, 7) is 0.172. The van der Waals surface area contributed by atoms with Crippen LogP contribution in [0.25, 0.3) is 0 Å². The van der Waals surface area contributed by atoms with Gasteiger partial charge >= 0.3 is 5.69 Å². The number of halogens is 1. The van der Waals surface area contributed by atoms with Crippen molar-refractivity contribution in [3.63, 3.8) is 0 Å². The van der Waals surface area contributed by atoms with Crippen LogP contribution < -0.4 is 15.4 Å². The fraction of sp³-hybridized carbons (Fsp3) is 0.231. The second-order valence-electron chi connectivity index (χ2n) is 4.91. The van der Waals surface area contributed by atoms with Gasteiger partial charge in [0, 0.05) is 23.8 Å². The van der Waals surface area contributed by atoms with E-state index in [1.54, 1.807) is 24.3 Å². The minimum absolute atomic E-state index is 0.0215. The van der Waals surface area contributed by atoms with Crippen LogP contribution in [0.3, 0.4) is 0 Å². The zero-order valence-electron chi connectivity index (χ0n) is 13.1. The molecule has 0 aliphatic heterocycles. The zero-order chi connectivity index (χ0) is 18.4. The van der Waals surface area contributed by atoms with Gasteiger partial charge in [-0.1, -0.05) is 11.6 Å². The maximum atomic E-state index is 11.1. The Balaban J connectivity index is 2.12. The van der Waals surface area contributed by atoms with E-state index in [4.69, 9.17) is 11.6 Å². The molecular formula is C13H15ClN6O4S. The predicted molar refractivity (Wildman–Crippen MR) is 94.8 cm³/mol. The van der Waals surface area contributed by atoms with Crippen LogP contribution in [0.5, 0.6) is 0 Å². The first-order valence-corrected chi connectivity index (χ1v) is 9.24. The van der Waals surface area contributed by atoms with Gasteiger partial charge in [-0.05, 0) is 24.3 Å². The zero-order valence-corrected chi connectivity index (χ0v) is 14.6. The highest BCUT2D eigenvalue weighted by molar-refractivity contribution is 7.88. The quantitative estimate of drug-likeness (QED) is 0.354. The lowest BCUT2D eigenvalue weighted by Crippen LogP contribution is -2.28. The van der Waals surface area contributed by atoms with Crippen LogP contribution >= 0.6 is 11.6 Å². The molecule has 25 heavy (non-hydrogen) atoms. The van der Waals surface area contributed by atoms with E-state index >= 15 is 0 Å². The van der Waals surface area contributed by atoms with Crippen molar-refractivity contribution in [3.8, 4) is 0 Å². The first-order chi connectivity index (χ1) is 11.7. The molecule has 0 unspecified atom stereocenters. The smallest absolute Gasteiger partial charge is 0.329 e. The second-order valence-corrected chi connectivity index (χ2v) is 7.18. The van der Waals surface area contributed by atoms with Gasteiger partial charge in [-0.2, -0.15) is 4.98 Å². The number of sulfonamides is 1. The van der Waals surface area contributed by atoms with Gasteiger partial charge in [0.05, 0.1) is 11.2 Å². The average Bonchev–Trinajstić information content (AvgIpc) is 2.53. The maximum absolute atomic E-state index is 11.1. The minimum Gasteiger partial charge on any atom is -0.363 e. The molecule has 0 bridgehead atoms. The van der Waals surface area contributed by atoms with E-state index in [1.165, 1.54) is 0 Å². The summed E-state index contributed by atoms with van der Waals surface area (Å²) in [5.74, 6) is 0.123. The van der Waals surface area contributed by atoms with Gasteiger partial charge in [0.2, 0.25) is 21.8 Å². The van der Waals surface area contributed by atoms with E-state index in [1.807, 2.05) is 0 Å². The molecule has 12 heteroatoms. The molecule has 0 saturated heterocycles. The van der Waals surface area contributed by atoms with Crippen molar-refractivity contribution in [2.24, 2.45) is 0 Å². The molecule has 1 aromatic carbocycles. The lowest BCUT2D eigenvalue weighted by molar-refractivity contribution is -0.384. The van der Waals surface area contributed by atoms with E-state index in [-0.39, 0.29) is 30.5 Å². The monoisotopic (exact) mass is 386 g/mol. The third kappa shape index (κ3) is 6.14. The first-order valence-electron chi connectivity index (χ1n) is 6.97. The van der Waals surface area contributed by atoms with E-state index in [0.717, 1.165) is 12.5 Å². The highest BCUT2D eigenvalue weighted by Gasteiger charge is 2.17. The van der Waals surface area contributed by atoms with Gasteiger partial charge in [-0.25, -0.2) is 18.1 Å². The van der Waals surface area contributed by atoms with Crippen LogP contribution in [-0.2, 0) is 10.0 Å². The molecule has 0 amide bonds. The number of nitrogens with zero attached hydrogens (tertiary/aromatic N) is 3. The lowest BCUT2D eigenvalue weighted by Gasteiger charge is -2.09. The molecule has 1 heterocycles. The number of benzene rings is 1. The molecule has 0 aliphatic rings. The second kappa shape index (κ2) is 8.05. The van der Waals surface area contributed by atoms with Gasteiger partial charge in [-0.3, -0.25) is 10.1 Å². The van der Waals surface area contributed by atoms with E-state index < -0.39 is 14.9 Å². The SMILES string of the molecule is CS(=O)(=O)NCCNc1nc(Nc2ccc(Cl)cc2)ncc1[N+](=O)[O-]. The average molecular weight is 387 g/mol. The fourth-order valence-electron chi connectivity index (χ4n) is 1.78. The molecule has 0 saturated carbocycles. The summed E-state index contributed by atoms with van der Waals surface area (Å²) >= 11 is 5.81. The van der Waals surface area contributed by atoms with Crippen molar-refractivity contribution >= 4 is 44.8 Å². The van der Waals surface area contributed by atoms with Crippen molar-refractivity contribution in [1.82, 2.24) is 14.7 Å². The molecule has 2 aromatic rings. The number of rotatable bonds is 8. The van der Waals surface area contributed by atoms with Crippen LogP contribution in [0.15, 0.2) is 30.5 Å². The van der Waals surface area contributed by atoms with Gasteiger partial charge in [-0.15, -0.1) is 0 Å². The Morgan fingerprint density at radius 1 is 1.24 bits per heavy atom. The van der Waals surface area contributed by atoms with Crippen molar-refractivity contribution in [2.75, 3.05) is 30.0 Å². The molecule has 10 nitrogen and oxygen atoms in total. The molecular weight excluding hydrogens is 372 g/mol. The number of hydrogen-bond donors (Lipinski definition) is 3. The fourth-order valence-corrected chi connectivity index (χ4v) is 2.38. The van der Waals surface area contributed by atoms with Gasteiger partial charge in [0.1, 0.15) is 6.20 Å². The summed E-state index contributed by atoms with van der Waals surface area (Å²) < 4.78 is 24.3. The summed E-state index contributed by atoms with van der Waals surface area (Å²) in [4.78, 5) is 18.4. The molecule has 2 rings (SSSR count). The predicted octanol–water partition coefficient (Wildman–Crippen LogP) is 1.74. The number of hydrogen-bond acceptors (Lipinski definition) is 8. The highest BCUT2D eigenvalue weighted by atomic mass is 35.5. The van der Waals surface area contributed by atoms with Crippen molar-refractivity contribution in [2.45, 2.75) is 0 Å². The Kier molecular flexibility index (Phi) is 6.07. The molecule has 0 spiro atoms. The van der Waals surface area contributed by atoms with Crippen LogP contribution in [0.1, 0.15) is 0 Å². The number of nitro groups is 1. The molecule has 3 N–H and O–H groups in total. The molecule has 0 atom stereocenters. The molecule has 134 valence electrons. The number of anilines is 3. The summed E-state index contributed by atoms with van der Waals surface area (Å²) in [6, 6.07) is 6.75. The maximum Gasteiger partial charge on any atom is 0.329 e. The Morgan fingerprint density at radius 3 is 2.52 bits per heavy atom. The van der Waals surface area contributed by atoms with Crippen molar-refractivity contribution in [3.05, 3.63) is 45.6 Å². The molecule has 0 aliphatic carbocycles. The third-order valence-electron chi connectivity index (χ3n) is 2.85. The lowest BCUT2D eigenvalue weighted by atomic mass is 10.3. The van der Waals surface area contributed by atoms with Crippen LogP contribution in [0.2, 0.25) is 5.02 Å². The molecule has 0 radical (unpaired) electrons. The van der Waals surface area contributed by atoms with Gasteiger partial charge < -0.3 is 10.6 Å². The van der Waals surface area contributed by atoms with Gasteiger partial charge in [0.25, 0.3) is 0 Å². The summed E-state index contributed by atoms with van der Waals surface area (Å²) in [6.07, 6.45) is 2.09. The Hall–Kier alpha value is -2.50. The molecule has 1 aromatic heterocycles. The largest absolute Gasteiger partial charge is 0.363 e. The summed E-state index contributed by atoms with van der Waals surface area (Å²) in [5.41, 5.74) is 0.337. The Labute approximate surface area is 148 Å². The standard InChI is InChI=1S/C13H15ClN6O4S/c1-25(23,24)17-7-6-15-12-11(20(21)22)8-16-13(19-12)18-10-4-2-9(14)3-5-10/h2-5,8,17H,6-7H2,1H3,(H2,15,16,18,19). The number of aromatic nitrogens is 2. The number of nitrogens with one attached hydrogen (secondary N) is 3. The topological polar surface area (TPSA) is 139 Å². The first kappa shape index (κ1) is 18.8. The molecule has 0 fully saturated rings. The van der Waals surface area contributed by atoms with Crippen molar-refractivity contribution in [1.29, 1.82) is 0 Å². The Morgan fingerprint density at radius 2 is 1.92 bits per heavy atom. The van der Waals surface area contributed by atoms with E-state index in [0.29, 0.717) is 10.7 Å². The van der Waals surface area contributed by atoms with Crippen LogP contribution in [-0.4, -0.2) is 42.7 Å². The van der Waals surface area contributed by atoms with E-state index in [2.05, 4.69) is 25.3 Å². The highest BCUT2D eigenvalue weighted by Crippen LogP contribution is 2.23. The summed E-state index contributed by atoms with van der Waals surface area (Å²) in [7, 11) is -3.34. The minimum atomic E-state index is -3.34. The summed E-state index contributed by atoms with van der Waals surface area (Å²) in [5, 5.41) is 17.2.